The van der Waals surface area contributed by atoms with Crippen LogP contribution in [0.25, 0.3) is 102 Å². The molecule has 0 N–H and O–H groups in total. The van der Waals surface area contributed by atoms with Crippen LogP contribution in [0.2, 0.25) is 39.3 Å². The molecule has 25 rings (SSSR count). The fraction of sp³-hybridized carbons (Fsp3) is 0.220. The molecule has 6 heterocycles. The summed E-state index contributed by atoms with van der Waals surface area (Å²) in [7, 11) is -2.95. The number of rotatable bonds is 18. The van der Waals surface area contributed by atoms with Crippen molar-refractivity contribution in [2.75, 3.05) is 14.7 Å². The third-order valence-corrected chi connectivity index (χ3v) is 37.1. The molecule has 4 saturated carbocycles. The van der Waals surface area contributed by atoms with E-state index in [1.54, 1.807) is 0 Å². The topological polar surface area (TPSA) is 126 Å². The molecule has 18 aromatic rings. The Morgan fingerprint density at radius 2 is 0.361 bits per heavy atom. The molecular weight excluding hydrogens is 1850 g/mol. The molecule has 0 bridgehead atoms. The second kappa shape index (κ2) is 41.5. The van der Waals surface area contributed by atoms with Crippen LogP contribution in [0.1, 0.15) is 162 Å². The lowest BCUT2D eigenvalue weighted by atomic mass is 9.84. The Kier molecular flexibility index (Phi) is 27.0. The van der Waals surface area contributed by atoms with Gasteiger partial charge in [-0.2, -0.15) is 0 Å². The zero-order valence-electron chi connectivity index (χ0n) is 82.8. The minimum atomic E-state index is -1.47. The Labute approximate surface area is 862 Å². The van der Waals surface area contributed by atoms with Gasteiger partial charge in [0.1, 0.15) is 0 Å². The highest BCUT2D eigenvalue weighted by molar-refractivity contribution is 8.00. The molecule has 0 amide bonds. The molecule has 712 valence electrons. The lowest BCUT2D eigenvalue weighted by molar-refractivity contribution is 0.443. The van der Waals surface area contributed by atoms with Crippen LogP contribution < -0.4 is 25.1 Å². The molecular formula is C127H118N12S3Si2. The number of fused-ring (bicyclic) bond motifs is 6. The third kappa shape index (κ3) is 20.2. The fourth-order valence-corrected chi connectivity index (χ4v) is 27.7. The van der Waals surface area contributed by atoms with E-state index in [2.05, 4.69) is 285 Å². The highest BCUT2D eigenvalue weighted by atomic mass is 32.2. The summed E-state index contributed by atoms with van der Waals surface area (Å²) in [5.74, 6) is 8.79. The second-order valence-corrected chi connectivity index (χ2v) is 54.9. The van der Waals surface area contributed by atoms with E-state index in [0.717, 1.165) is 67.1 Å². The predicted molar refractivity (Wildman–Crippen MR) is 605 cm³/mol. The second-order valence-electron chi connectivity index (χ2n) is 41.5. The van der Waals surface area contributed by atoms with Gasteiger partial charge in [-0.1, -0.05) is 368 Å². The van der Waals surface area contributed by atoms with Crippen molar-refractivity contribution in [3.05, 3.63) is 386 Å². The van der Waals surface area contributed by atoms with E-state index in [0.29, 0.717) is 76.1 Å². The first kappa shape index (κ1) is 93.8. The van der Waals surface area contributed by atoms with Gasteiger partial charge in [0.15, 0.2) is 52.4 Å². The van der Waals surface area contributed by atoms with Gasteiger partial charge in [0.05, 0.1) is 50.3 Å². The van der Waals surface area contributed by atoms with Crippen LogP contribution in [0.3, 0.4) is 0 Å². The average molecular weight is 1960 g/mol. The van der Waals surface area contributed by atoms with E-state index in [-0.39, 0.29) is 0 Å². The van der Waals surface area contributed by atoms with E-state index < -0.39 is 16.1 Å². The molecule has 7 aliphatic rings. The van der Waals surface area contributed by atoms with Crippen LogP contribution in [-0.2, 0) is 0 Å². The van der Waals surface area contributed by atoms with Gasteiger partial charge in [-0.25, -0.2) is 44.9 Å². The number of nitrogens with zero attached hydrogens (tertiary/aromatic N) is 12. The Hall–Kier alpha value is -13.8. The van der Waals surface area contributed by atoms with Crippen LogP contribution in [0.15, 0.2) is 393 Å². The van der Waals surface area contributed by atoms with Crippen molar-refractivity contribution in [2.24, 2.45) is 0 Å². The summed E-state index contributed by atoms with van der Waals surface area (Å²) in [5.41, 5.74) is 25.7. The summed E-state index contributed by atoms with van der Waals surface area (Å²) < 4.78 is 0. The molecule has 3 aliphatic heterocycles. The van der Waals surface area contributed by atoms with E-state index >= 15 is 0 Å². The first-order chi connectivity index (χ1) is 70.6. The molecule has 4 fully saturated rings. The number of hydrogen-bond acceptors (Lipinski definition) is 15. The molecule has 4 aliphatic carbocycles. The molecule has 0 spiro atoms. The Morgan fingerprint density at radius 3 is 0.556 bits per heavy atom. The van der Waals surface area contributed by atoms with Gasteiger partial charge in [0, 0.05) is 96.5 Å². The highest BCUT2D eigenvalue weighted by Crippen LogP contribution is 2.58. The summed E-state index contributed by atoms with van der Waals surface area (Å²) >= 11 is 5.84. The van der Waals surface area contributed by atoms with Crippen molar-refractivity contribution >= 4 is 113 Å². The highest BCUT2D eigenvalue weighted by Gasteiger charge is 2.35. The van der Waals surface area contributed by atoms with Gasteiger partial charge < -0.3 is 14.7 Å². The smallest absolute Gasteiger partial charge is 0.164 e. The molecule has 0 radical (unpaired) electrons. The molecule has 0 unspecified atom stereocenters. The summed E-state index contributed by atoms with van der Waals surface area (Å²) in [4.78, 5) is 59.9. The van der Waals surface area contributed by atoms with Gasteiger partial charge in [0.25, 0.3) is 0 Å². The molecule has 17 heteroatoms. The van der Waals surface area contributed by atoms with Gasteiger partial charge in [-0.3, -0.25) is 0 Å². The quantitative estimate of drug-likeness (QED) is 0.0756. The maximum atomic E-state index is 4.98. The molecule has 15 aromatic carbocycles. The van der Waals surface area contributed by atoms with E-state index in [9.17, 15) is 0 Å². The Balaban J connectivity index is 0.000000120. The summed E-state index contributed by atoms with van der Waals surface area (Å²) in [6, 6.07) is 130. The number of anilines is 9. The van der Waals surface area contributed by atoms with Gasteiger partial charge in [-0.15, -0.1) is 0 Å². The van der Waals surface area contributed by atoms with Crippen LogP contribution in [0, 0.1) is 0 Å². The predicted octanol–water partition coefficient (Wildman–Crippen LogP) is 34.9. The molecule has 0 atom stereocenters. The van der Waals surface area contributed by atoms with Gasteiger partial charge in [-0.05, 0) is 243 Å². The molecule has 0 saturated heterocycles. The van der Waals surface area contributed by atoms with Crippen molar-refractivity contribution in [1.29, 1.82) is 0 Å². The fourth-order valence-electron chi connectivity index (χ4n) is 21.8. The first-order valence-electron chi connectivity index (χ1n) is 51.8. The first-order valence-corrected chi connectivity index (χ1v) is 61.2. The van der Waals surface area contributed by atoms with Crippen molar-refractivity contribution in [3.63, 3.8) is 0 Å². The van der Waals surface area contributed by atoms with Crippen molar-refractivity contribution in [2.45, 2.75) is 208 Å². The molecule has 12 nitrogen and oxygen atoms in total. The summed E-state index contributed by atoms with van der Waals surface area (Å²) in [6.07, 6.45) is 24.0. The number of aromatic nitrogens is 9. The van der Waals surface area contributed by atoms with Crippen LogP contribution in [-0.4, -0.2) is 61.0 Å². The zero-order valence-corrected chi connectivity index (χ0v) is 87.2. The van der Waals surface area contributed by atoms with E-state index in [1.165, 1.54) is 212 Å². The van der Waals surface area contributed by atoms with Crippen LogP contribution in [0.5, 0.6) is 0 Å². The number of hydrogen-bond donors (Lipinski definition) is 0. The maximum Gasteiger partial charge on any atom is 0.164 e. The molecule has 144 heavy (non-hydrogen) atoms. The standard InChI is InChI=1S/C45H42N4S.C43H38N4S.C39H38N4SSi2/c1-5-13-31(14-6-1)36-23-27-39-41(29-36)50-42-30-37(32-15-7-2-8-16-32)24-28-40(42)49(39)38-25-21-35(22-26-38)45-47-43(33-17-9-3-10-18-33)46-44(48-45)34-19-11-4-12-20-34;1-3-15-31(16-4-1)41-44-42(32-17-5-2-6-18-32)46-43(45-41)33-19-23-36(24-20-33)47-37-25-21-34(29-11-7-8-12-29)27-39(37)48-40-28-35(22-26-38(40)47)30-13-9-10-14-30;1-45(2,3)31-21-23-33-35(25-31)44-36-26-32(46(4,5)6)22-24-34(36)43(33)30-19-17-29(18-20-30)39-41-37(27-13-9-7-10-14-27)40-38(42-39)28-15-11-8-12-16-28/h3-4,9-12,17-32H,1-2,5-8,13-16H2;1-6,15-30H,7-14H2;7-26H,1-6H3. The van der Waals surface area contributed by atoms with Gasteiger partial charge >= 0.3 is 0 Å². The number of benzene rings is 15. The van der Waals surface area contributed by atoms with Crippen molar-refractivity contribution in [1.82, 2.24) is 44.9 Å². The third-order valence-electron chi connectivity index (χ3n) is 29.7. The lowest BCUT2D eigenvalue weighted by Gasteiger charge is -2.35. The summed E-state index contributed by atoms with van der Waals surface area (Å²) in [5, 5.41) is 2.97. The average Bonchev–Trinajstić information content (AvgIpc) is 0.835. The monoisotopic (exact) mass is 1960 g/mol. The SMILES string of the molecule is C[Si](C)(C)c1ccc2c(c1)Sc1cc([Si](C)(C)C)ccc1N2c1ccc(-c2nc(-c3ccccc3)nc(-c3ccccc3)n2)cc1.c1ccc(-c2nc(-c3ccccc3)nc(-c3ccc(N4c5ccc(C6CCCC6)cc5Sc5cc(C6CCCC6)ccc54)cc3)n2)cc1.c1ccc(-c2nc(-c3ccccc3)nc(-c3ccc(N4c5ccc(C6CCCCC6)cc5Sc5cc(C6CCCCC6)ccc54)cc3)n2)cc1. The van der Waals surface area contributed by atoms with E-state index in [1.807, 2.05) is 169 Å². The van der Waals surface area contributed by atoms with Crippen LogP contribution in [0.4, 0.5) is 51.2 Å². The minimum absolute atomic E-state index is 0.661. The van der Waals surface area contributed by atoms with E-state index in [4.69, 9.17) is 44.9 Å². The Morgan fingerprint density at radius 1 is 0.188 bits per heavy atom. The normalized spacial score (nSPS) is 15.2. The molecule has 3 aromatic heterocycles. The summed E-state index contributed by atoms with van der Waals surface area (Å²) in [6.45, 7) is 14.5. The minimum Gasteiger partial charge on any atom is -0.308 e. The van der Waals surface area contributed by atoms with Crippen molar-refractivity contribution < 1.29 is 0 Å². The lowest BCUT2D eigenvalue weighted by Crippen LogP contribution is -2.38. The van der Waals surface area contributed by atoms with Gasteiger partial charge in [0.2, 0.25) is 0 Å². The zero-order chi connectivity index (χ0) is 97.2. The van der Waals surface area contributed by atoms with Crippen molar-refractivity contribution in [3.8, 4) is 102 Å². The van der Waals surface area contributed by atoms with Crippen LogP contribution >= 0.6 is 35.3 Å². The largest absolute Gasteiger partial charge is 0.308 e. The maximum absolute atomic E-state index is 4.98. The Bertz CT molecular complexity index is 7270.